The number of amides is 2. The van der Waals surface area contributed by atoms with Gasteiger partial charge < -0.3 is 20.4 Å². The highest BCUT2D eigenvalue weighted by atomic mass is 16.4. The second kappa shape index (κ2) is 7.08. The molecule has 1 aliphatic carbocycles. The third-order valence-corrected chi connectivity index (χ3v) is 3.47. The summed E-state index contributed by atoms with van der Waals surface area (Å²) >= 11 is 0. The van der Waals surface area contributed by atoms with Crippen LogP contribution in [0.3, 0.4) is 0 Å². The molecule has 1 saturated carbocycles. The molecule has 0 aromatic heterocycles. The highest BCUT2D eigenvalue weighted by Crippen LogP contribution is 2.26. The molecule has 2 amide bonds. The van der Waals surface area contributed by atoms with Gasteiger partial charge in [-0.1, -0.05) is 30.3 Å². The molecule has 1 fully saturated rings. The van der Waals surface area contributed by atoms with Crippen LogP contribution >= 0.6 is 0 Å². The first-order valence-corrected chi connectivity index (χ1v) is 7.06. The molecule has 0 heterocycles. The number of aliphatic carboxylic acids is 1. The number of carboxylic acid groups (broad SMARTS) is 1. The number of urea groups is 1. The summed E-state index contributed by atoms with van der Waals surface area (Å²) in [6, 6.07) is 7.91. The number of nitrogens with zero attached hydrogens (tertiary/aromatic N) is 1. The van der Waals surface area contributed by atoms with Crippen molar-refractivity contribution in [3.05, 3.63) is 35.9 Å². The van der Waals surface area contributed by atoms with Crippen molar-refractivity contribution in [3.63, 3.8) is 0 Å². The van der Waals surface area contributed by atoms with Crippen LogP contribution in [0.5, 0.6) is 0 Å². The van der Waals surface area contributed by atoms with Crippen LogP contribution < -0.4 is 5.32 Å². The molecule has 1 aliphatic rings. The van der Waals surface area contributed by atoms with Gasteiger partial charge in [-0.05, 0) is 18.4 Å². The minimum absolute atomic E-state index is 0.125. The van der Waals surface area contributed by atoms with Crippen LogP contribution in [0.1, 0.15) is 18.4 Å². The maximum Gasteiger partial charge on any atom is 0.326 e. The zero-order valence-corrected chi connectivity index (χ0v) is 11.7. The lowest BCUT2D eigenvalue weighted by molar-refractivity contribution is -0.139. The summed E-state index contributed by atoms with van der Waals surface area (Å²) in [4.78, 5) is 25.0. The van der Waals surface area contributed by atoms with E-state index in [1.807, 2.05) is 30.3 Å². The lowest BCUT2D eigenvalue weighted by atomic mass is 10.1. The number of nitrogens with one attached hydrogen (secondary N) is 1. The molecule has 6 heteroatoms. The van der Waals surface area contributed by atoms with Crippen LogP contribution in [0, 0.1) is 0 Å². The van der Waals surface area contributed by atoms with E-state index < -0.39 is 18.0 Å². The van der Waals surface area contributed by atoms with Gasteiger partial charge in [-0.25, -0.2) is 9.59 Å². The fourth-order valence-electron chi connectivity index (χ4n) is 2.23. The van der Waals surface area contributed by atoms with Gasteiger partial charge >= 0.3 is 12.0 Å². The van der Waals surface area contributed by atoms with Crippen molar-refractivity contribution in [2.24, 2.45) is 0 Å². The molecule has 6 nitrogen and oxygen atoms in total. The third-order valence-electron chi connectivity index (χ3n) is 3.47. The Morgan fingerprint density at radius 1 is 1.29 bits per heavy atom. The van der Waals surface area contributed by atoms with E-state index in [-0.39, 0.29) is 25.6 Å². The molecular formula is C15H20N2O4. The van der Waals surface area contributed by atoms with Crippen LogP contribution in [-0.2, 0) is 11.2 Å². The first kappa shape index (κ1) is 15.3. The van der Waals surface area contributed by atoms with Crippen molar-refractivity contribution in [1.82, 2.24) is 10.2 Å². The lowest BCUT2D eigenvalue weighted by Gasteiger charge is -2.24. The van der Waals surface area contributed by atoms with Gasteiger partial charge in [-0.15, -0.1) is 0 Å². The van der Waals surface area contributed by atoms with Crippen molar-refractivity contribution in [2.45, 2.75) is 31.3 Å². The number of carboxylic acids is 1. The SMILES string of the molecule is O=C(O)C(Cc1ccccc1)NC(=O)N(CCO)C1CC1. The molecule has 1 aromatic rings. The number of carbonyl (C=O) groups excluding carboxylic acids is 1. The molecule has 0 radical (unpaired) electrons. The van der Waals surface area contributed by atoms with Crippen molar-refractivity contribution in [2.75, 3.05) is 13.2 Å². The first-order chi connectivity index (χ1) is 10.1. The van der Waals surface area contributed by atoms with E-state index in [0.717, 1.165) is 18.4 Å². The fraction of sp³-hybridized carbons (Fsp3) is 0.467. The second-order valence-corrected chi connectivity index (χ2v) is 5.18. The summed E-state index contributed by atoms with van der Waals surface area (Å²) in [6.07, 6.45) is 2.05. The Balaban J connectivity index is 1.98. The predicted octanol–water partition coefficient (Wildman–Crippen LogP) is 0.849. The van der Waals surface area contributed by atoms with Crippen LogP contribution in [0.2, 0.25) is 0 Å². The zero-order chi connectivity index (χ0) is 15.2. The second-order valence-electron chi connectivity index (χ2n) is 5.18. The predicted molar refractivity (Wildman–Crippen MR) is 76.9 cm³/mol. The Kier molecular flexibility index (Phi) is 5.16. The maximum absolute atomic E-state index is 12.2. The molecule has 0 aliphatic heterocycles. The Bertz CT molecular complexity index is 488. The monoisotopic (exact) mass is 292 g/mol. The average molecular weight is 292 g/mol. The molecule has 21 heavy (non-hydrogen) atoms. The van der Waals surface area contributed by atoms with E-state index in [1.165, 1.54) is 4.90 Å². The van der Waals surface area contributed by atoms with Crippen LogP contribution in [0.4, 0.5) is 4.79 Å². The van der Waals surface area contributed by atoms with Crippen LogP contribution in [0.25, 0.3) is 0 Å². The molecule has 1 unspecified atom stereocenters. The van der Waals surface area contributed by atoms with Gasteiger partial charge in [0.1, 0.15) is 6.04 Å². The van der Waals surface area contributed by atoms with Crippen molar-refractivity contribution < 1.29 is 19.8 Å². The van der Waals surface area contributed by atoms with E-state index in [2.05, 4.69) is 5.32 Å². The summed E-state index contributed by atoms with van der Waals surface area (Å²) in [5.74, 6) is -1.06. The summed E-state index contributed by atoms with van der Waals surface area (Å²) < 4.78 is 0. The number of aliphatic hydroxyl groups is 1. The number of hydrogen-bond donors (Lipinski definition) is 3. The Morgan fingerprint density at radius 2 is 1.95 bits per heavy atom. The van der Waals surface area contributed by atoms with E-state index in [0.29, 0.717) is 0 Å². The summed E-state index contributed by atoms with van der Waals surface area (Å²) in [5, 5.41) is 20.8. The number of hydrogen-bond acceptors (Lipinski definition) is 3. The maximum atomic E-state index is 12.2. The van der Waals surface area contributed by atoms with Gasteiger partial charge in [-0.3, -0.25) is 0 Å². The molecular weight excluding hydrogens is 272 g/mol. The number of aliphatic hydroxyl groups excluding tert-OH is 1. The van der Waals surface area contributed by atoms with E-state index in [4.69, 9.17) is 5.11 Å². The molecule has 0 bridgehead atoms. The molecule has 1 atom stereocenters. The average Bonchev–Trinajstić information content (AvgIpc) is 3.29. The molecule has 3 N–H and O–H groups in total. The highest BCUT2D eigenvalue weighted by Gasteiger charge is 2.33. The lowest BCUT2D eigenvalue weighted by Crippen LogP contribution is -2.50. The Labute approximate surface area is 123 Å². The fourth-order valence-corrected chi connectivity index (χ4v) is 2.23. The van der Waals surface area contributed by atoms with Gasteiger partial charge in [0, 0.05) is 19.0 Å². The van der Waals surface area contributed by atoms with Gasteiger partial charge in [-0.2, -0.15) is 0 Å². The normalized spacial score (nSPS) is 15.3. The van der Waals surface area contributed by atoms with E-state index >= 15 is 0 Å². The highest BCUT2D eigenvalue weighted by molar-refractivity contribution is 5.83. The smallest absolute Gasteiger partial charge is 0.326 e. The molecule has 0 saturated heterocycles. The summed E-state index contributed by atoms with van der Waals surface area (Å²) in [7, 11) is 0. The quantitative estimate of drug-likeness (QED) is 0.695. The summed E-state index contributed by atoms with van der Waals surface area (Å²) in [6.45, 7) is 0.106. The first-order valence-electron chi connectivity index (χ1n) is 7.06. The minimum atomic E-state index is -1.06. The third kappa shape index (κ3) is 4.46. The van der Waals surface area contributed by atoms with Gasteiger partial charge in [0.05, 0.1) is 6.61 Å². The van der Waals surface area contributed by atoms with Gasteiger partial charge in [0.15, 0.2) is 0 Å². The topological polar surface area (TPSA) is 89.9 Å². The molecule has 1 aromatic carbocycles. The van der Waals surface area contributed by atoms with Crippen molar-refractivity contribution in [1.29, 1.82) is 0 Å². The van der Waals surface area contributed by atoms with Crippen molar-refractivity contribution >= 4 is 12.0 Å². The summed E-state index contributed by atoms with van der Waals surface area (Å²) in [5.41, 5.74) is 0.852. The van der Waals surface area contributed by atoms with Gasteiger partial charge in [0.2, 0.25) is 0 Å². The molecule has 2 rings (SSSR count). The zero-order valence-electron chi connectivity index (χ0n) is 11.7. The van der Waals surface area contributed by atoms with E-state index in [9.17, 15) is 14.7 Å². The molecule has 114 valence electrons. The standard InChI is InChI=1S/C15H20N2O4/c18-9-8-17(12-6-7-12)15(21)16-13(14(19)20)10-11-4-2-1-3-5-11/h1-5,12-13,18H,6-10H2,(H,16,21)(H,19,20). The van der Waals surface area contributed by atoms with Crippen LogP contribution in [-0.4, -0.2) is 52.3 Å². The van der Waals surface area contributed by atoms with Crippen LogP contribution in [0.15, 0.2) is 30.3 Å². The number of rotatable bonds is 7. The Hall–Kier alpha value is -2.08. The largest absolute Gasteiger partial charge is 0.480 e. The molecule has 0 spiro atoms. The van der Waals surface area contributed by atoms with Gasteiger partial charge in [0.25, 0.3) is 0 Å². The van der Waals surface area contributed by atoms with E-state index in [1.54, 1.807) is 0 Å². The Morgan fingerprint density at radius 3 is 2.48 bits per heavy atom. The minimum Gasteiger partial charge on any atom is -0.480 e. The number of carbonyl (C=O) groups is 2. The van der Waals surface area contributed by atoms with Crippen molar-refractivity contribution in [3.8, 4) is 0 Å². The number of benzene rings is 1.